The second kappa shape index (κ2) is 35.6. The topological polar surface area (TPSA) is 267 Å². The summed E-state index contributed by atoms with van der Waals surface area (Å²) in [4.78, 5) is 49.4. The molecule has 2 fully saturated rings. The van der Waals surface area contributed by atoms with Crippen LogP contribution in [-0.2, 0) is 54.5 Å². The Bertz CT molecular complexity index is 2960. The highest BCUT2D eigenvalue weighted by atomic mass is 16.6. The first-order valence-electron chi connectivity index (χ1n) is 30.4. The molecular weight excluding hydrogens is 1080 g/mol. The lowest BCUT2D eigenvalue weighted by molar-refractivity contribution is -0.157. The fourth-order valence-corrected chi connectivity index (χ4v) is 10.3. The predicted molar refractivity (Wildman–Crippen MR) is 346 cm³/mol. The van der Waals surface area contributed by atoms with Crippen LogP contribution in [-0.4, -0.2) is 178 Å². The molecule has 0 aliphatic carbocycles. The number of nitrogens with one attached hydrogen (secondary N) is 1. The van der Waals surface area contributed by atoms with E-state index in [1.807, 2.05) is 41.5 Å². The lowest BCUT2D eigenvalue weighted by Gasteiger charge is -2.36. The van der Waals surface area contributed by atoms with Crippen LogP contribution in [0.4, 0.5) is 23.0 Å². The Labute approximate surface area is 506 Å². The van der Waals surface area contributed by atoms with Crippen LogP contribution in [0.15, 0.2) is 36.4 Å². The first-order chi connectivity index (χ1) is 39.9. The van der Waals surface area contributed by atoms with Gasteiger partial charge in [-0.15, -0.1) is 0 Å². The zero-order chi connectivity index (χ0) is 59.9. The van der Waals surface area contributed by atoms with Crippen molar-refractivity contribution in [1.82, 2.24) is 39.3 Å². The van der Waals surface area contributed by atoms with E-state index in [4.69, 9.17) is 50.5 Å². The summed E-state index contributed by atoms with van der Waals surface area (Å²) in [6.07, 6.45) is 10.1. The fourth-order valence-electron chi connectivity index (χ4n) is 10.3. The number of aliphatic hydroxyl groups is 3. The fraction of sp³-hybridized carbons (Fsp3) is 0.656. The predicted octanol–water partition coefficient (Wildman–Crippen LogP) is 8.84. The third kappa shape index (κ3) is 21.8. The van der Waals surface area contributed by atoms with Gasteiger partial charge >= 0.3 is 11.9 Å². The van der Waals surface area contributed by atoms with E-state index in [1.54, 1.807) is 0 Å². The molecule has 0 saturated carbocycles. The van der Waals surface area contributed by atoms with Crippen LogP contribution in [0.3, 0.4) is 0 Å². The highest BCUT2D eigenvalue weighted by molar-refractivity contribution is 6.08. The molecule has 6 aromatic rings. The van der Waals surface area contributed by atoms with Crippen molar-refractivity contribution in [3.05, 3.63) is 48.0 Å². The lowest BCUT2D eigenvalue weighted by atomic mass is 10.1. The molecule has 6 heterocycles. The molecule has 2 aliphatic heterocycles. The van der Waals surface area contributed by atoms with E-state index in [-0.39, 0.29) is 66.1 Å². The molecule has 476 valence electrons. The van der Waals surface area contributed by atoms with Gasteiger partial charge in [-0.3, -0.25) is 14.5 Å². The summed E-state index contributed by atoms with van der Waals surface area (Å²) >= 11 is 0. The highest BCUT2D eigenvalue weighted by Crippen LogP contribution is 2.35. The Hall–Kier alpha value is -5.94. The summed E-state index contributed by atoms with van der Waals surface area (Å²) in [5.74, 6) is 2.61. The number of nitrogens with zero attached hydrogens (tertiary/aromatic N) is 9. The quantitative estimate of drug-likeness (QED) is 0.0208. The van der Waals surface area contributed by atoms with Crippen LogP contribution in [0.5, 0.6) is 0 Å². The highest BCUT2D eigenvalue weighted by Gasteiger charge is 2.23. The van der Waals surface area contributed by atoms with Crippen molar-refractivity contribution < 1.29 is 43.9 Å². The standard InChI is InChI=1S/C31H48N6O4.C22H32N6O.C9H18O4.2CH4/c1-5-6-9-26-34-28-29(37(26)13-7-8-19-38)24-22-23(10-11-25(24)33-30(28)32)36-16-14-35(15-17-36)18-21-40-20-12-27(39)41-31(2,3)4;1-2-3-6-19-26-20-21(28(19)11-4-5-14-29)17-15-16(27-12-9-24-10-13-27)7-8-18(17)25-22(20)23;1-9(2,3)13-8(11)4-6-12-7-5-10;;/h10-11,22,38H,5-9,12-21H2,1-4H3,(H2,32,33);7-8,15,24,29H,2-6,9-14H2,1H3,(H2,23,25);10H,4-7H2,1-3H3;2*1H4. The number of hydrogen-bond acceptors (Lipinski definition) is 19. The molecule has 0 unspecified atom stereocenters. The molecule has 0 spiro atoms. The molecule has 8 N–H and O–H groups in total. The molecule has 0 bridgehead atoms. The Kier molecular flexibility index (Phi) is 30.0. The van der Waals surface area contributed by atoms with Gasteiger partial charge in [0.25, 0.3) is 0 Å². The van der Waals surface area contributed by atoms with Gasteiger partial charge in [0.1, 0.15) is 33.9 Å². The number of carbonyl (C=O) groups is 2. The van der Waals surface area contributed by atoms with E-state index in [9.17, 15) is 19.8 Å². The van der Waals surface area contributed by atoms with Gasteiger partial charge in [0.15, 0.2) is 11.6 Å². The van der Waals surface area contributed by atoms with Gasteiger partial charge in [0.05, 0.1) is 67.9 Å². The third-order valence-corrected chi connectivity index (χ3v) is 14.4. The van der Waals surface area contributed by atoms with Crippen LogP contribution in [0, 0.1) is 0 Å². The number of carbonyl (C=O) groups excluding carboxylic acids is 2. The summed E-state index contributed by atoms with van der Waals surface area (Å²) < 4.78 is 25.6. The molecule has 21 nitrogen and oxygen atoms in total. The molecule has 2 aromatic carbocycles. The smallest absolute Gasteiger partial charge is 0.308 e. The minimum atomic E-state index is -0.462. The van der Waals surface area contributed by atoms with Crippen molar-refractivity contribution in [2.75, 3.05) is 126 Å². The molecule has 0 atom stereocenters. The van der Waals surface area contributed by atoms with Crippen LogP contribution >= 0.6 is 0 Å². The maximum atomic E-state index is 11.8. The number of hydrogen-bond donors (Lipinski definition) is 6. The number of benzene rings is 2. The number of anilines is 4. The molecule has 2 aliphatic rings. The zero-order valence-corrected chi connectivity index (χ0v) is 51.1. The van der Waals surface area contributed by atoms with E-state index >= 15 is 0 Å². The van der Waals surface area contributed by atoms with Gasteiger partial charge in [-0.2, -0.15) is 0 Å². The Morgan fingerprint density at radius 2 is 0.988 bits per heavy atom. The van der Waals surface area contributed by atoms with E-state index in [2.05, 4.69) is 84.4 Å². The molecule has 0 amide bonds. The molecular formula is C64H106N12O9. The van der Waals surface area contributed by atoms with Crippen LogP contribution in [0.1, 0.15) is 146 Å². The monoisotopic (exact) mass is 1190 g/mol. The van der Waals surface area contributed by atoms with Gasteiger partial charge in [0.2, 0.25) is 0 Å². The number of ether oxygens (including phenoxy) is 4. The van der Waals surface area contributed by atoms with Gasteiger partial charge in [-0.05, 0) is 116 Å². The van der Waals surface area contributed by atoms with Crippen LogP contribution in [0.2, 0.25) is 0 Å². The van der Waals surface area contributed by atoms with E-state index in [0.717, 1.165) is 192 Å². The van der Waals surface area contributed by atoms with Crippen molar-refractivity contribution in [3.8, 4) is 0 Å². The summed E-state index contributed by atoms with van der Waals surface area (Å²) in [6.45, 7) is 27.7. The minimum Gasteiger partial charge on any atom is -0.460 e. The van der Waals surface area contributed by atoms with Gasteiger partial charge in [-0.25, -0.2) is 19.9 Å². The van der Waals surface area contributed by atoms with Crippen molar-refractivity contribution in [2.24, 2.45) is 0 Å². The number of fused-ring (bicyclic) bond motifs is 6. The SMILES string of the molecule is C.C.CC(C)(C)OC(=O)CCOCCO.CCCCc1nc2c(N)nc3ccc(N4CCN(CCOCCC(=O)OC(C)(C)C)CC4)cc3c2n1CCCCO.CCCCc1nc2c(N)nc3ccc(N4CCNCC4)cc3c2n1CCCCO. The van der Waals surface area contributed by atoms with Crippen molar-refractivity contribution in [1.29, 1.82) is 0 Å². The van der Waals surface area contributed by atoms with E-state index in [0.29, 0.717) is 31.5 Å². The number of piperazine rings is 2. The number of nitrogens with two attached hydrogens (primary N) is 2. The van der Waals surface area contributed by atoms with Gasteiger partial charge < -0.3 is 70.0 Å². The van der Waals surface area contributed by atoms with Crippen molar-refractivity contribution >= 4 is 78.8 Å². The summed E-state index contributed by atoms with van der Waals surface area (Å²) in [6, 6.07) is 12.9. The Balaban J connectivity index is 0.000000306. The summed E-state index contributed by atoms with van der Waals surface area (Å²) in [5.41, 5.74) is 19.8. The second-order valence-electron chi connectivity index (χ2n) is 23.4. The number of aromatic nitrogens is 6. The van der Waals surface area contributed by atoms with Crippen LogP contribution < -0.4 is 26.6 Å². The van der Waals surface area contributed by atoms with Gasteiger partial charge in [0, 0.05) is 120 Å². The number of rotatable bonds is 27. The summed E-state index contributed by atoms with van der Waals surface area (Å²) in [7, 11) is 0. The minimum absolute atomic E-state index is 0. The molecule has 0 radical (unpaired) electrons. The first-order valence-corrected chi connectivity index (χ1v) is 30.4. The van der Waals surface area contributed by atoms with Gasteiger partial charge in [-0.1, -0.05) is 41.5 Å². The normalized spacial score (nSPS) is 14.0. The molecule has 8 rings (SSSR count). The average molecular weight is 1190 g/mol. The number of unbranched alkanes of at least 4 members (excludes halogenated alkanes) is 4. The number of imidazole rings is 2. The molecule has 85 heavy (non-hydrogen) atoms. The summed E-state index contributed by atoms with van der Waals surface area (Å²) in [5, 5.41) is 32.6. The second-order valence-corrected chi connectivity index (χ2v) is 23.4. The number of pyridine rings is 2. The largest absolute Gasteiger partial charge is 0.460 e. The Morgan fingerprint density at radius 3 is 1.40 bits per heavy atom. The number of nitrogen functional groups attached to an aromatic ring is 2. The molecule has 2 saturated heterocycles. The van der Waals surface area contributed by atoms with E-state index in [1.165, 1.54) is 11.4 Å². The van der Waals surface area contributed by atoms with E-state index < -0.39 is 11.2 Å². The molecule has 21 heteroatoms. The number of esters is 2. The zero-order valence-electron chi connectivity index (χ0n) is 51.1. The average Bonchev–Trinajstić information content (AvgIpc) is 1.82. The van der Waals surface area contributed by atoms with Crippen molar-refractivity contribution in [3.63, 3.8) is 0 Å². The first kappa shape index (κ1) is 71.5. The maximum Gasteiger partial charge on any atom is 0.308 e. The Morgan fingerprint density at radius 1 is 0.553 bits per heavy atom. The van der Waals surface area contributed by atoms with Crippen LogP contribution in [0.25, 0.3) is 43.9 Å². The lowest BCUT2D eigenvalue weighted by Crippen LogP contribution is -2.47. The third-order valence-electron chi connectivity index (χ3n) is 14.4. The molecule has 4 aromatic heterocycles. The maximum absolute atomic E-state index is 11.8. The number of aryl methyl sites for hydroxylation is 4. The number of aliphatic hydroxyl groups excluding tert-OH is 3. The van der Waals surface area contributed by atoms with Crippen molar-refractivity contribution in [2.45, 2.75) is 172 Å².